The molecule has 0 aliphatic carbocycles. The van der Waals surface area contributed by atoms with Gasteiger partial charge in [-0.25, -0.2) is 18.1 Å². The summed E-state index contributed by atoms with van der Waals surface area (Å²) < 4.78 is 27.6. The maximum atomic E-state index is 12.5. The average Bonchev–Trinajstić information content (AvgIpc) is 3.09. The van der Waals surface area contributed by atoms with E-state index in [4.69, 9.17) is 0 Å². The lowest BCUT2D eigenvalue weighted by Gasteiger charge is -2.19. The first kappa shape index (κ1) is 18.7. The number of nitrogens with zero attached hydrogens (tertiary/aromatic N) is 2. The minimum atomic E-state index is -3.58. The van der Waals surface area contributed by atoms with Crippen LogP contribution in [0.5, 0.6) is 0 Å². The van der Waals surface area contributed by atoms with Crippen molar-refractivity contribution in [1.82, 2.24) is 14.7 Å². The predicted octanol–water partition coefficient (Wildman–Crippen LogP) is 3.98. The minimum absolute atomic E-state index is 0.0154. The Labute approximate surface area is 158 Å². The molecule has 7 heteroatoms. The molecule has 3 rings (SSSR count). The Hall–Kier alpha value is -2.09. The second kappa shape index (κ2) is 7.26. The summed E-state index contributed by atoms with van der Waals surface area (Å²) in [6.07, 6.45) is 1.71. The number of hydrogen-bond acceptors (Lipinski definition) is 5. The summed E-state index contributed by atoms with van der Waals surface area (Å²) in [5.41, 5.74) is 2.60. The summed E-state index contributed by atoms with van der Waals surface area (Å²) in [7, 11) is -3.58. The third-order valence-corrected chi connectivity index (χ3v) is 6.19. The Balaban J connectivity index is 1.70. The highest BCUT2D eigenvalue weighted by Crippen LogP contribution is 2.24. The van der Waals surface area contributed by atoms with E-state index in [1.165, 1.54) is 11.3 Å². The first-order valence-corrected chi connectivity index (χ1v) is 10.6. The first-order valence-electron chi connectivity index (χ1n) is 8.22. The van der Waals surface area contributed by atoms with E-state index in [1.54, 1.807) is 18.3 Å². The zero-order chi connectivity index (χ0) is 18.8. The van der Waals surface area contributed by atoms with Gasteiger partial charge in [-0.05, 0) is 35.2 Å². The van der Waals surface area contributed by atoms with Gasteiger partial charge in [-0.15, -0.1) is 11.3 Å². The molecule has 0 spiro atoms. The molecule has 0 aliphatic rings. The molecule has 1 N–H and O–H groups in total. The molecule has 26 heavy (non-hydrogen) atoms. The number of sulfonamides is 1. The van der Waals surface area contributed by atoms with Crippen molar-refractivity contribution in [3.05, 3.63) is 64.6 Å². The summed E-state index contributed by atoms with van der Waals surface area (Å²) in [5, 5.41) is 2.57. The molecule has 0 bridgehead atoms. The van der Waals surface area contributed by atoms with Gasteiger partial charge in [-0.2, -0.15) is 0 Å². The van der Waals surface area contributed by atoms with Gasteiger partial charge >= 0.3 is 0 Å². The van der Waals surface area contributed by atoms with Crippen LogP contribution >= 0.6 is 11.3 Å². The summed E-state index contributed by atoms with van der Waals surface area (Å²) >= 11 is 1.41. The Morgan fingerprint density at radius 2 is 1.77 bits per heavy atom. The largest absolute Gasteiger partial charge is 0.255 e. The van der Waals surface area contributed by atoms with E-state index in [0.717, 1.165) is 17.0 Å². The Kier molecular flexibility index (Phi) is 5.22. The lowest BCUT2D eigenvalue weighted by Crippen LogP contribution is -2.23. The molecule has 1 aromatic carbocycles. The standard InChI is InChI=1S/C19H21N3O2S2/c1-19(2,3)14-7-9-15(10-8-14)26(23,24)21-12-18-22-17(13-25-18)16-6-4-5-11-20-16/h4-11,13,21H,12H2,1-3H3. The summed E-state index contributed by atoms with van der Waals surface area (Å²) in [6.45, 7) is 6.43. The van der Waals surface area contributed by atoms with Crippen LogP contribution in [0.15, 0.2) is 58.9 Å². The van der Waals surface area contributed by atoms with E-state index < -0.39 is 10.0 Å². The van der Waals surface area contributed by atoms with Crippen molar-refractivity contribution >= 4 is 21.4 Å². The molecule has 3 aromatic rings. The molecular weight excluding hydrogens is 366 g/mol. The second-order valence-corrected chi connectivity index (χ2v) is 9.65. The van der Waals surface area contributed by atoms with Gasteiger partial charge < -0.3 is 0 Å². The van der Waals surface area contributed by atoms with Gasteiger partial charge in [0.15, 0.2) is 0 Å². The van der Waals surface area contributed by atoms with E-state index in [1.807, 2.05) is 35.7 Å². The van der Waals surface area contributed by atoms with E-state index in [2.05, 4.69) is 35.5 Å². The molecule has 0 unspecified atom stereocenters. The number of thiazole rings is 1. The molecule has 2 aromatic heterocycles. The Morgan fingerprint density at radius 3 is 2.38 bits per heavy atom. The van der Waals surface area contributed by atoms with Crippen molar-refractivity contribution in [3.63, 3.8) is 0 Å². The zero-order valence-electron chi connectivity index (χ0n) is 14.9. The number of aromatic nitrogens is 2. The molecule has 0 saturated carbocycles. The molecule has 136 valence electrons. The summed E-state index contributed by atoms with van der Waals surface area (Å²) in [6, 6.07) is 12.6. The monoisotopic (exact) mass is 387 g/mol. The molecule has 2 heterocycles. The van der Waals surface area contributed by atoms with E-state index in [9.17, 15) is 8.42 Å². The number of pyridine rings is 1. The minimum Gasteiger partial charge on any atom is -0.255 e. The Morgan fingerprint density at radius 1 is 1.04 bits per heavy atom. The average molecular weight is 388 g/mol. The van der Waals surface area contributed by atoms with Crippen LogP contribution in [0, 0.1) is 0 Å². The van der Waals surface area contributed by atoms with Gasteiger partial charge in [0.25, 0.3) is 0 Å². The van der Waals surface area contributed by atoms with Gasteiger partial charge in [-0.3, -0.25) is 4.98 Å². The highest BCUT2D eigenvalue weighted by atomic mass is 32.2. The molecule has 0 aliphatic heterocycles. The van der Waals surface area contributed by atoms with Crippen molar-refractivity contribution in [1.29, 1.82) is 0 Å². The normalized spacial score (nSPS) is 12.3. The molecule has 0 amide bonds. The summed E-state index contributed by atoms with van der Waals surface area (Å²) in [4.78, 5) is 8.96. The third kappa shape index (κ3) is 4.35. The van der Waals surface area contributed by atoms with Crippen molar-refractivity contribution in [2.24, 2.45) is 0 Å². The van der Waals surface area contributed by atoms with Gasteiger partial charge in [0.1, 0.15) is 5.01 Å². The molecular formula is C19H21N3O2S2. The van der Waals surface area contributed by atoms with Crippen LogP contribution in [0.4, 0.5) is 0 Å². The van der Waals surface area contributed by atoms with Crippen LogP contribution in [-0.4, -0.2) is 18.4 Å². The van der Waals surface area contributed by atoms with Gasteiger partial charge in [0.2, 0.25) is 10.0 Å². The number of rotatable bonds is 5. The van der Waals surface area contributed by atoms with Crippen LogP contribution < -0.4 is 4.72 Å². The molecule has 0 fully saturated rings. The lowest BCUT2D eigenvalue weighted by atomic mass is 9.87. The number of hydrogen-bond donors (Lipinski definition) is 1. The number of nitrogens with one attached hydrogen (secondary N) is 1. The highest BCUT2D eigenvalue weighted by Gasteiger charge is 2.18. The van der Waals surface area contributed by atoms with Crippen molar-refractivity contribution < 1.29 is 8.42 Å². The van der Waals surface area contributed by atoms with Crippen LogP contribution in [0.25, 0.3) is 11.4 Å². The maximum Gasteiger partial charge on any atom is 0.240 e. The zero-order valence-corrected chi connectivity index (χ0v) is 16.6. The molecule has 0 saturated heterocycles. The second-order valence-electron chi connectivity index (χ2n) is 6.94. The fraction of sp³-hybridized carbons (Fsp3) is 0.263. The fourth-order valence-corrected chi connectivity index (χ4v) is 4.21. The van der Waals surface area contributed by atoms with Gasteiger partial charge in [-0.1, -0.05) is 39.0 Å². The van der Waals surface area contributed by atoms with Crippen molar-refractivity contribution in [2.45, 2.75) is 37.6 Å². The van der Waals surface area contributed by atoms with Crippen LogP contribution in [-0.2, 0) is 22.0 Å². The van der Waals surface area contributed by atoms with Gasteiger partial charge in [0, 0.05) is 11.6 Å². The quantitative estimate of drug-likeness (QED) is 0.719. The van der Waals surface area contributed by atoms with Crippen LogP contribution in [0.1, 0.15) is 31.3 Å². The lowest BCUT2D eigenvalue weighted by molar-refractivity contribution is 0.578. The molecule has 5 nitrogen and oxygen atoms in total. The molecule has 0 radical (unpaired) electrons. The Bertz CT molecular complexity index is 974. The topological polar surface area (TPSA) is 72.0 Å². The SMILES string of the molecule is CC(C)(C)c1ccc(S(=O)(=O)NCc2nc(-c3ccccn3)cs2)cc1. The third-order valence-electron chi connectivity index (χ3n) is 3.92. The smallest absolute Gasteiger partial charge is 0.240 e. The van der Waals surface area contributed by atoms with Crippen LogP contribution in [0.3, 0.4) is 0 Å². The summed E-state index contributed by atoms with van der Waals surface area (Å²) in [5.74, 6) is 0. The van der Waals surface area contributed by atoms with E-state index >= 15 is 0 Å². The van der Waals surface area contributed by atoms with E-state index in [0.29, 0.717) is 5.01 Å². The van der Waals surface area contributed by atoms with Crippen molar-refractivity contribution in [2.75, 3.05) is 0 Å². The predicted molar refractivity (Wildman–Crippen MR) is 105 cm³/mol. The molecule has 0 atom stereocenters. The van der Waals surface area contributed by atoms with Crippen molar-refractivity contribution in [3.8, 4) is 11.4 Å². The first-order chi connectivity index (χ1) is 12.3. The highest BCUT2D eigenvalue weighted by molar-refractivity contribution is 7.89. The van der Waals surface area contributed by atoms with Gasteiger partial charge in [0.05, 0.1) is 22.8 Å². The van der Waals surface area contributed by atoms with E-state index in [-0.39, 0.29) is 16.9 Å². The fourth-order valence-electron chi connectivity index (χ4n) is 2.40. The maximum absolute atomic E-state index is 12.5. The van der Waals surface area contributed by atoms with Crippen LogP contribution in [0.2, 0.25) is 0 Å². The number of benzene rings is 1.